The van der Waals surface area contributed by atoms with Crippen molar-refractivity contribution in [3.05, 3.63) is 92.7 Å². The van der Waals surface area contributed by atoms with Crippen LogP contribution in [0.4, 0.5) is 5.69 Å². The number of fused-ring (bicyclic) bond motifs is 1. The smallest absolute Gasteiger partial charge is 0.326 e. The first kappa shape index (κ1) is 24.6. The summed E-state index contributed by atoms with van der Waals surface area (Å²) in [4.78, 5) is 31.7. The summed E-state index contributed by atoms with van der Waals surface area (Å²) in [6.07, 6.45) is 4.87. The predicted octanol–water partition coefficient (Wildman–Crippen LogP) is 5.30. The van der Waals surface area contributed by atoms with E-state index >= 15 is 0 Å². The van der Waals surface area contributed by atoms with Gasteiger partial charge in [-0.2, -0.15) is 0 Å². The quantitative estimate of drug-likeness (QED) is 0.439. The number of rotatable bonds is 7. The van der Waals surface area contributed by atoms with Gasteiger partial charge in [0.15, 0.2) is 0 Å². The Kier molecular flexibility index (Phi) is 7.17. The van der Waals surface area contributed by atoms with E-state index in [1.54, 1.807) is 18.2 Å². The van der Waals surface area contributed by atoms with Gasteiger partial charge in [-0.05, 0) is 67.1 Å². The second-order valence-corrected chi connectivity index (χ2v) is 10.3. The van der Waals surface area contributed by atoms with Gasteiger partial charge < -0.3 is 15.3 Å². The number of hydrogen-bond donors (Lipinski definition) is 2. The zero-order valence-corrected chi connectivity index (χ0v) is 21.2. The van der Waals surface area contributed by atoms with E-state index in [1.165, 1.54) is 29.8 Å². The molecular formula is C28H27Cl2N3O3. The van der Waals surface area contributed by atoms with Crippen molar-refractivity contribution in [2.45, 2.75) is 44.1 Å². The van der Waals surface area contributed by atoms with E-state index in [0.29, 0.717) is 5.92 Å². The molecule has 1 amide bonds. The van der Waals surface area contributed by atoms with Crippen LogP contribution in [-0.4, -0.2) is 41.1 Å². The topological polar surface area (TPSA) is 82.5 Å². The molecule has 0 spiro atoms. The van der Waals surface area contributed by atoms with Crippen molar-refractivity contribution in [1.82, 2.24) is 10.3 Å². The van der Waals surface area contributed by atoms with Crippen molar-refractivity contribution in [1.29, 1.82) is 0 Å². The van der Waals surface area contributed by atoms with Gasteiger partial charge in [-0.3, -0.25) is 9.78 Å². The Hall–Kier alpha value is -3.09. The maximum Gasteiger partial charge on any atom is 0.326 e. The van der Waals surface area contributed by atoms with Crippen LogP contribution < -0.4 is 10.2 Å². The predicted molar refractivity (Wildman–Crippen MR) is 141 cm³/mol. The number of aryl methyl sites for hydroxylation is 2. The third-order valence-electron chi connectivity index (χ3n) is 7.03. The minimum Gasteiger partial charge on any atom is -0.480 e. The van der Waals surface area contributed by atoms with Crippen LogP contribution in [0.15, 0.2) is 54.6 Å². The highest BCUT2D eigenvalue weighted by atomic mass is 35.5. The maximum atomic E-state index is 12.7. The molecule has 1 aliphatic heterocycles. The van der Waals surface area contributed by atoms with Crippen molar-refractivity contribution >= 4 is 40.8 Å². The van der Waals surface area contributed by atoms with Crippen molar-refractivity contribution in [2.75, 3.05) is 18.0 Å². The van der Waals surface area contributed by atoms with E-state index in [4.69, 9.17) is 28.2 Å². The average Bonchev–Trinajstić information content (AvgIpc) is 2.83. The fraction of sp³-hybridized carbons (Fsp3) is 0.321. The van der Waals surface area contributed by atoms with E-state index < -0.39 is 17.9 Å². The number of anilines is 1. The molecule has 5 rings (SSSR count). The number of pyridine rings is 1. The van der Waals surface area contributed by atoms with E-state index in [9.17, 15) is 14.7 Å². The fourth-order valence-corrected chi connectivity index (χ4v) is 5.50. The van der Waals surface area contributed by atoms with E-state index in [2.05, 4.69) is 22.3 Å². The van der Waals surface area contributed by atoms with Crippen molar-refractivity contribution in [3.8, 4) is 0 Å². The van der Waals surface area contributed by atoms with Crippen LogP contribution in [0.5, 0.6) is 0 Å². The second-order valence-electron chi connectivity index (χ2n) is 9.48. The summed E-state index contributed by atoms with van der Waals surface area (Å²) in [6.45, 7) is 1.83. The lowest BCUT2D eigenvalue weighted by Gasteiger charge is -2.41. The van der Waals surface area contributed by atoms with Crippen LogP contribution in [0.2, 0.25) is 10.0 Å². The van der Waals surface area contributed by atoms with Gasteiger partial charge in [0.25, 0.3) is 5.91 Å². The van der Waals surface area contributed by atoms with Gasteiger partial charge in [-0.25, -0.2) is 4.79 Å². The third kappa shape index (κ3) is 5.20. The number of carbonyl (C=O) groups is 2. The van der Waals surface area contributed by atoms with Crippen LogP contribution in [0.25, 0.3) is 0 Å². The summed E-state index contributed by atoms with van der Waals surface area (Å²) in [5, 5.41) is 12.6. The average molecular weight is 524 g/mol. The minimum absolute atomic E-state index is 0.0724. The number of carboxylic acid groups (broad SMARTS) is 1. The van der Waals surface area contributed by atoms with Crippen LogP contribution in [0.3, 0.4) is 0 Å². The van der Waals surface area contributed by atoms with Gasteiger partial charge in [0.05, 0.1) is 15.6 Å². The molecule has 2 heterocycles. The molecule has 1 fully saturated rings. The SMILES string of the molecule is O=C(NC(Cc1ccc(N2CC(c3ccc4c(n3)CCCC4)C2)cc1)C(=O)O)c1c(Cl)cccc1Cl. The molecular weight excluding hydrogens is 497 g/mol. The molecule has 3 aromatic rings. The Bertz CT molecular complexity index is 1270. The molecule has 6 nitrogen and oxygen atoms in total. The van der Waals surface area contributed by atoms with Gasteiger partial charge >= 0.3 is 5.97 Å². The largest absolute Gasteiger partial charge is 0.480 e. The van der Waals surface area contributed by atoms with Crippen molar-refractivity contribution in [2.24, 2.45) is 0 Å². The Morgan fingerprint density at radius 1 is 1.00 bits per heavy atom. The molecule has 1 saturated heterocycles. The number of amides is 1. The van der Waals surface area contributed by atoms with Crippen LogP contribution in [0.1, 0.15) is 51.6 Å². The molecule has 1 aromatic heterocycles. The van der Waals surface area contributed by atoms with E-state index in [-0.39, 0.29) is 22.0 Å². The van der Waals surface area contributed by atoms with Gasteiger partial charge in [0, 0.05) is 42.5 Å². The summed E-state index contributed by atoms with van der Waals surface area (Å²) < 4.78 is 0. The highest BCUT2D eigenvalue weighted by Gasteiger charge is 2.30. The molecule has 1 aliphatic carbocycles. The summed E-state index contributed by atoms with van der Waals surface area (Å²) in [5.41, 5.74) is 5.84. The number of halogens is 2. The van der Waals surface area contributed by atoms with Gasteiger partial charge in [-0.1, -0.05) is 47.5 Å². The zero-order valence-electron chi connectivity index (χ0n) is 19.7. The minimum atomic E-state index is -1.13. The van der Waals surface area contributed by atoms with Gasteiger partial charge in [0.2, 0.25) is 0 Å². The fourth-order valence-electron chi connectivity index (χ4n) is 4.93. The highest BCUT2D eigenvalue weighted by molar-refractivity contribution is 6.39. The third-order valence-corrected chi connectivity index (χ3v) is 7.66. The molecule has 2 aliphatic rings. The number of benzene rings is 2. The first-order valence-corrected chi connectivity index (χ1v) is 12.9. The summed E-state index contributed by atoms with van der Waals surface area (Å²) in [6, 6.07) is 15.8. The summed E-state index contributed by atoms with van der Waals surface area (Å²) >= 11 is 12.2. The van der Waals surface area contributed by atoms with Crippen LogP contribution in [-0.2, 0) is 24.1 Å². The Morgan fingerprint density at radius 3 is 2.39 bits per heavy atom. The highest BCUT2D eigenvalue weighted by Crippen LogP contribution is 2.32. The first-order valence-electron chi connectivity index (χ1n) is 12.2. The first-order chi connectivity index (χ1) is 17.4. The number of aliphatic carboxylic acids is 1. The van der Waals surface area contributed by atoms with E-state index in [0.717, 1.165) is 37.2 Å². The molecule has 2 N–H and O–H groups in total. The monoisotopic (exact) mass is 523 g/mol. The molecule has 1 atom stereocenters. The number of nitrogens with zero attached hydrogens (tertiary/aromatic N) is 2. The van der Waals surface area contributed by atoms with E-state index in [1.807, 2.05) is 24.3 Å². The molecule has 1 unspecified atom stereocenters. The maximum absolute atomic E-state index is 12.7. The molecule has 8 heteroatoms. The lowest BCUT2D eigenvalue weighted by Crippen LogP contribution is -2.45. The Morgan fingerprint density at radius 2 is 1.69 bits per heavy atom. The molecule has 36 heavy (non-hydrogen) atoms. The van der Waals surface area contributed by atoms with Gasteiger partial charge in [-0.15, -0.1) is 0 Å². The number of carboxylic acids is 1. The lowest BCUT2D eigenvalue weighted by atomic mass is 9.91. The lowest BCUT2D eigenvalue weighted by molar-refractivity contribution is -0.139. The summed E-state index contributed by atoms with van der Waals surface area (Å²) in [7, 11) is 0. The van der Waals surface area contributed by atoms with Crippen molar-refractivity contribution in [3.63, 3.8) is 0 Å². The number of nitrogens with one attached hydrogen (secondary N) is 1. The Balaban J connectivity index is 1.19. The Labute approximate surface area is 220 Å². The normalized spacial score (nSPS) is 16.1. The molecule has 2 aromatic carbocycles. The molecule has 186 valence electrons. The number of hydrogen-bond acceptors (Lipinski definition) is 4. The van der Waals surface area contributed by atoms with Crippen LogP contribution >= 0.6 is 23.2 Å². The number of aromatic nitrogens is 1. The zero-order chi connectivity index (χ0) is 25.2. The van der Waals surface area contributed by atoms with Gasteiger partial charge in [0.1, 0.15) is 6.04 Å². The summed E-state index contributed by atoms with van der Waals surface area (Å²) in [5.74, 6) is -1.31. The van der Waals surface area contributed by atoms with Crippen LogP contribution in [0, 0.1) is 0 Å². The van der Waals surface area contributed by atoms with Crippen molar-refractivity contribution < 1.29 is 14.7 Å². The number of carbonyl (C=O) groups excluding carboxylic acids is 1. The molecule has 0 saturated carbocycles. The second kappa shape index (κ2) is 10.5. The standard InChI is InChI=1S/C28H27Cl2N3O3/c29-21-5-3-6-22(30)26(21)27(34)32-25(28(35)36)14-17-8-11-20(12-9-17)33-15-19(16-33)24-13-10-18-4-1-2-7-23(18)31-24/h3,5-6,8-13,19,25H,1-2,4,7,14-16H2,(H,32,34)(H,35,36). The molecule has 0 radical (unpaired) electrons. The molecule has 0 bridgehead atoms.